The van der Waals surface area contributed by atoms with Crippen LogP contribution in [0.25, 0.3) is 0 Å². The number of nitrogens with zero attached hydrogens (tertiary/aromatic N) is 1. The van der Waals surface area contributed by atoms with Crippen LogP contribution in [-0.2, 0) is 28.3 Å². The standard InChI is InChI=1S/C6H7NO.C4H8.Ti/c8-5-6-3-1-2-4-7-6;1-3-4-2;/h1-4,8H,5H2;1-4H2;/q;-2;+2. The van der Waals surface area contributed by atoms with E-state index in [1.165, 1.54) is 0 Å². The van der Waals surface area contributed by atoms with Gasteiger partial charge >= 0.3 is 21.7 Å². The number of aliphatic hydroxyl groups excluding tert-OH is 1. The van der Waals surface area contributed by atoms with E-state index in [1.54, 1.807) is 12.3 Å². The molecule has 0 saturated carbocycles. The molecule has 70 valence electrons. The Morgan fingerprint density at radius 3 is 2.08 bits per heavy atom. The normalized spacial score (nSPS) is 7.92. The molecular formula is C10H15NOTi. The smallest absolute Gasteiger partial charge is 0.390 e. The van der Waals surface area contributed by atoms with Gasteiger partial charge in [-0.3, -0.25) is 4.98 Å². The van der Waals surface area contributed by atoms with E-state index in [1.807, 2.05) is 12.1 Å². The van der Waals surface area contributed by atoms with E-state index in [-0.39, 0.29) is 28.3 Å². The van der Waals surface area contributed by atoms with Crippen molar-refractivity contribution in [1.82, 2.24) is 4.98 Å². The Balaban J connectivity index is 0. The third-order valence-corrected chi connectivity index (χ3v) is 1.14. The largest absolute Gasteiger partial charge is 2.00 e. The molecule has 0 radical (unpaired) electrons. The van der Waals surface area contributed by atoms with Gasteiger partial charge in [0.1, 0.15) is 0 Å². The van der Waals surface area contributed by atoms with Crippen LogP contribution in [0, 0.1) is 13.8 Å². The summed E-state index contributed by atoms with van der Waals surface area (Å²) >= 11 is 0. The van der Waals surface area contributed by atoms with Crippen LogP contribution in [0.2, 0.25) is 0 Å². The van der Waals surface area contributed by atoms with Crippen molar-refractivity contribution in [3.8, 4) is 0 Å². The molecule has 0 aliphatic carbocycles. The van der Waals surface area contributed by atoms with Crippen molar-refractivity contribution in [2.45, 2.75) is 19.4 Å². The molecule has 0 amide bonds. The van der Waals surface area contributed by atoms with Gasteiger partial charge in [0.25, 0.3) is 0 Å². The number of unbranched alkanes of at least 4 members (excludes halogenated alkanes) is 1. The van der Waals surface area contributed by atoms with E-state index in [9.17, 15) is 0 Å². The van der Waals surface area contributed by atoms with E-state index in [0.29, 0.717) is 5.69 Å². The van der Waals surface area contributed by atoms with Crippen molar-refractivity contribution >= 4 is 0 Å². The molecule has 0 spiro atoms. The topological polar surface area (TPSA) is 33.1 Å². The summed E-state index contributed by atoms with van der Waals surface area (Å²) in [4.78, 5) is 3.85. The van der Waals surface area contributed by atoms with Crippen molar-refractivity contribution in [2.24, 2.45) is 0 Å². The molecule has 1 aromatic rings. The zero-order valence-corrected chi connectivity index (χ0v) is 9.30. The van der Waals surface area contributed by atoms with Gasteiger partial charge in [-0.1, -0.05) is 6.07 Å². The third kappa shape index (κ3) is 9.74. The van der Waals surface area contributed by atoms with E-state index >= 15 is 0 Å². The summed E-state index contributed by atoms with van der Waals surface area (Å²) in [6.45, 7) is 7.11. The maximum Gasteiger partial charge on any atom is 2.00 e. The molecule has 0 aromatic carbocycles. The molecule has 0 aliphatic rings. The average molecular weight is 213 g/mol. The Bertz CT molecular complexity index is 178. The zero-order valence-electron chi connectivity index (χ0n) is 7.74. The first-order chi connectivity index (χ1) is 5.85. The van der Waals surface area contributed by atoms with Crippen molar-refractivity contribution in [1.29, 1.82) is 0 Å². The zero-order chi connectivity index (χ0) is 9.23. The number of aliphatic hydroxyl groups is 1. The summed E-state index contributed by atoms with van der Waals surface area (Å²) in [6, 6.07) is 5.44. The van der Waals surface area contributed by atoms with Gasteiger partial charge in [-0.05, 0) is 12.1 Å². The second-order valence-electron chi connectivity index (χ2n) is 2.19. The van der Waals surface area contributed by atoms with Crippen molar-refractivity contribution in [2.75, 3.05) is 0 Å². The minimum Gasteiger partial charge on any atom is -0.390 e. The first-order valence-corrected chi connectivity index (χ1v) is 3.94. The minimum atomic E-state index is 0. The molecule has 0 atom stereocenters. The average Bonchev–Trinajstić information content (AvgIpc) is 2.19. The quantitative estimate of drug-likeness (QED) is 0.602. The molecule has 1 aromatic heterocycles. The Labute approximate surface area is 95.3 Å². The summed E-state index contributed by atoms with van der Waals surface area (Å²) in [6.07, 6.45) is 3.57. The second-order valence-corrected chi connectivity index (χ2v) is 2.19. The molecule has 1 heterocycles. The van der Waals surface area contributed by atoms with Crippen LogP contribution in [0.1, 0.15) is 18.5 Å². The first-order valence-electron chi connectivity index (χ1n) is 3.94. The number of hydrogen-bond acceptors (Lipinski definition) is 2. The molecule has 0 bridgehead atoms. The molecule has 1 rings (SSSR count). The minimum absolute atomic E-state index is 0. The first kappa shape index (κ1) is 15.3. The predicted molar refractivity (Wildman–Crippen MR) is 50.1 cm³/mol. The molecule has 0 fully saturated rings. The summed E-state index contributed by atoms with van der Waals surface area (Å²) in [5.41, 5.74) is 0.715. The van der Waals surface area contributed by atoms with Gasteiger partial charge in [0.2, 0.25) is 0 Å². The van der Waals surface area contributed by atoms with Crippen LogP contribution >= 0.6 is 0 Å². The van der Waals surface area contributed by atoms with Crippen molar-refractivity contribution in [3.05, 3.63) is 43.9 Å². The summed E-state index contributed by atoms with van der Waals surface area (Å²) in [7, 11) is 0. The molecular weight excluding hydrogens is 198 g/mol. The molecule has 1 N–H and O–H groups in total. The fraction of sp³-hybridized carbons (Fsp3) is 0.300. The number of pyridine rings is 1. The van der Waals surface area contributed by atoms with E-state index < -0.39 is 0 Å². The van der Waals surface area contributed by atoms with Crippen LogP contribution in [-0.4, -0.2) is 10.1 Å². The Morgan fingerprint density at radius 1 is 1.23 bits per heavy atom. The fourth-order valence-electron chi connectivity index (χ4n) is 0.492. The second kappa shape index (κ2) is 11.8. The van der Waals surface area contributed by atoms with Crippen LogP contribution in [0.3, 0.4) is 0 Å². The molecule has 0 saturated heterocycles. The number of aromatic nitrogens is 1. The van der Waals surface area contributed by atoms with Crippen LogP contribution in [0.4, 0.5) is 0 Å². The maximum atomic E-state index is 8.48. The van der Waals surface area contributed by atoms with Crippen LogP contribution < -0.4 is 0 Å². The van der Waals surface area contributed by atoms with E-state index in [2.05, 4.69) is 18.8 Å². The molecule has 3 heteroatoms. The van der Waals surface area contributed by atoms with E-state index in [4.69, 9.17) is 5.11 Å². The van der Waals surface area contributed by atoms with Gasteiger partial charge in [0.15, 0.2) is 0 Å². The molecule has 0 unspecified atom stereocenters. The Kier molecular flexibility index (Phi) is 13.9. The SMILES string of the molecule is OCc1ccccn1.[CH2-]CC[CH2-].[Ti+2]. The monoisotopic (exact) mass is 213 g/mol. The molecule has 0 aliphatic heterocycles. The summed E-state index contributed by atoms with van der Waals surface area (Å²) < 4.78 is 0. The van der Waals surface area contributed by atoms with Crippen LogP contribution in [0.5, 0.6) is 0 Å². The fourth-order valence-corrected chi connectivity index (χ4v) is 0.492. The van der Waals surface area contributed by atoms with Gasteiger partial charge in [-0.2, -0.15) is 0 Å². The van der Waals surface area contributed by atoms with Crippen LogP contribution in [0.15, 0.2) is 24.4 Å². The van der Waals surface area contributed by atoms with Crippen molar-refractivity contribution in [3.63, 3.8) is 0 Å². The summed E-state index contributed by atoms with van der Waals surface area (Å²) in [5, 5.41) is 8.48. The maximum absolute atomic E-state index is 8.48. The van der Waals surface area contributed by atoms with Gasteiger partial charge in [0.05, 0.1) is 12.3 Å². The number of rotatable bonds is 2. The van der Waals surface area contributed by atoms with Gasteiger partial charge in [-0.25, -0.2) is 12.8 Å². The molecule has 13 heavy (non-hydrogen) atoms. The van der Waals surface area contributed by atoms with E-state index in [0.717, 1.165) is 12.8 Å². The Hall–Kier alpha value is -0.176. The molecule has 2 nitrogen and oxygen atoms in total. The van der Waals surface area contributed by atoms with Gasteiger partial charge < -0.3 is 19.0 Å². The Morgan fingerprint density at radius 2 is 1.85 bits per heavy atom. The number of hydrogen-bond donors (Lipinski definition) is 1. The third-order valence-electron chi connectivity index (χ3n) is 1.14. The predicted octanol–water partition coefficient (Wildman–Crippen LogP) is 2.01. The van der Waals surface area contributed by atoms with Gasteiger partial charge in [-0.15, -0.1) is 0 Å². The van der Waals surface area contributed by atoms with Crippen molar-refractivity contribution < 1.29 is 26.8 Å². The van der Waals surface area contributed by atoms with Gasteiger partial charge in [0, 0.05) is 6.20 Å². The summed E-state index contributed by atoms with van der Waals surface area (Å²) in [5.74, 6) is 0.